The molecule has 0 fully saturated rings. The van der Waals surface area contributed by atoms with E-state index in [9.17, 15) is 9.59 Å². The highest BCUT2D eigenvalue weighted by molar-refractivity contribution is 5.99. The van der Waals surface area contributed by atoms with Gasteiger partial charge in [0.2, 0.25) is 0 Å². The molecule has 3 rings (SSSR count). The third-order valence-electron chi connectivity index (χ3n) is 3.38. The van der Waals surface area contributed by atoms with Crippen molar-refractivity contribution in [2.45, 2.75) is 0 Å². The number of carbonyl (C=O) groups is 2. The van der Waals surface area contributed by atoms with Crippen molar-refractivity contribution < 1.29 is 14.3 Å². The van der Waals surface area contributed by atoms with Gasteiger partial charge < -0.3 is 4.74 Å². The zero-order valence-corrected chi connectivity index (χ0v) is 13.2. The fourth-order valence-corrected chi connectivity index (χ4v) is 2.05. The van der Waals surface area contributed by atoms with Crippen LogP contribution in [-0.4, -0.2) is 39.1 Å². The minimum Gasteiger partial charge on any atom is -0.497 e. The normalized spacial score (nSPS) is 10.1. The van der Waals surface area contributed by atoms with Crippen molar-refractivity contribution in [3.05, 3.63) is 66.0 Å². The van der Waals surface area contributed by atoms with Gasteiger partial charge in [0.05, 0.1) is 12.8 Å². The first-order valence-corrected chi connectivity index (χ1v) is 7.25. The predicted octanol–water partition coefficient (Wildman–Crippen LogP) is 0.746. The van der Waals surface area contributed by atoms with Gasteiger partial charge in [-0.2, -0.15) is 0 Å². The predicted molar refractivity (Wildman–Crippen MR) is 87.1 cm³/mol. The lowest BCUT2D eigenvalue weighted by molar-refractivity contribution is 0.0846. The van der Waals surface area contributed by atoms with Crippen LogP contribution in [-0.2, 0) is 0 Å². The number of nitrogens with zero attached hydrogens (tertiary/aromatic N) is 4. The summed E-state index contributed by atoms with van der Waals surface area (Å²) in [5.41, 5.74) is 6.21. The van der Waals surface area contributed by atoms with Gasteiger partial charge in [0.15, 0.2) is 0 Å². The highest BCUT2D eigenvalue weighted by atomic mass is 16.5. The van der Waals surface area contributed by atoms with E-state index in [1.807, 2.05) is 0 Å². The average Bonchev–Trinajstić information content (AvgIpc) is 3.21. The summed E-state index contributed by atoms with van der Waals surface area (Å²) in [7, 11) is 1.54. The maximum Gasteiger partial charge on any atom is 0.269 e. The fraction of sp³-hybridized carbons (Fsp3) is 0.0625. The van der Waals surface area contributed by atoms with Gasteiger partial charge in [-0.25, -0.2) is 4.68 Å². The lowest BCUT2D eigenvalue weighted by Crippen LogP contribution is -2.41. The Morgan fingerprint density at radius 3 is 1.96 bits per heavy atom. The Labute approximate surface area is 142 Å². The second-order valence-corrected chi connectivity index (χ2v) is 4.94. The molecule has 2 aromatic carbocycles. The van der Waals surface area contributed by atoms with Gasteiger partial charge in [0.25, 0.3) is 11.8 Å². The Bertz CT molecular complexity index is 860. The molecule has 0 spiro atoms. The lowest BCUT2D eigenvalue weighted by atomic mass is 10.2. The molecule has 9 nitrogen and oxygen atoms in total. The molecule has 0 bridgehead atoms. The maximum atomic E-state index is 12.1. The summed E-state index contributed by atoms with van der Waals surface area (Å²) in [5, 5.41) is 10.8. The average molecular weight is 338 g/mol. The number of hydrazine groups is 1. The molecule has 0 saturated heterocycles. The molecule has 0 unspecified atom stereocenters. The molecule has 126 valence electrons. The Kier molecular flexibility index (Phi) is 4.65. The largest absolute Gasteiger partial charge is 0.497 e. The van der Waals surface area contributed by atoms with E-state index < -0.39 is 11.8 Å². The van der Waals surface area contributed by atoms with E-state index >= 15 is 0 Å². The highest BCUT2D eigenvalue weighted by Crippen LogP contribution is 2.11. The minimum atomic E-state index is -0.440. The molecule has 0 aliphatic rings. The van der Waals surface area contributed by atoms with Crippen LogP contribution >= 0.6 is 0 Å². The number of methoxy groups -OCH3 is 1. The van der Waals surface area contributed by atoms with Gasteiger partial charge in [-0.1, -0.05) is 0 Å². The van der Waals surface area contributed by atoms with Crippen LogP contribution in [0.1, 0.15) is 20.7 Å². The Hall–Kier alpha value is -3.75. The van der Waals surface area contributed by atoms with E-state index in [1.165, 1.54) is 11.0 Å². The smallest absolute Gasteiger partial charge is 0.269 e. The first kappa shape index (κ1) is 16.1. The molecule has 3 aromatic rings. The van der Waals surface area contributed by atoms with Gasteiger partial charge >= 0.3 is 0 Å². The Balaban J connectivity index is 1.59. The van der Waals surface area contributed by atoms with E-state index in [4.69, 9.17) is 4.74 Å². The zero-order chi connectivity index (χ0) is 17.6. The SMILES string of the molecule is COc1ccc(C(=O)NNC(=O)c2ccc(-n3cnnn3)cc2)cc1. The van der Waals surface area contributed by atoms with Gasteiger partial charge in [-0.3, -0.25) is 20.4 Å². The molecule has 0 saturated carbocycles. The number of tetrazole rings is 1. The quantitative estimate of drug-likeness (QED) is 0.679. The molecule has 0 aliphatic carbocycles. The lowest BCUT2D eigenvalue weighted by Gasteiger charge is -2.08. The molecular weight excluding hydrogens is 324 g/mol. The second-order valence-electron chi connectivity index (χ2n) is 4.94. The Morgan fingerprint density at radius 1 is 0.920 bits per heavy atom. The number of rotatable bonds is 4. The Morgan fingerprint density at radius 2 is 1.48 bits per heavy atom. The fourth-order valence-electron chi connectivity index (χ4n) is 2.05. The summed E-state index contributed by atoms with van der Waals surface area (Å²) in [6.45, 7) is 0. The second kappa shape index (κ2) is 7.21. The summed E-state index contributed by atoms with van der Waals surface area (Å²) in [4.78, 5) is 24.1. The van der Waals surface area contributed by atoms with Crippen LogP contribution in [0, 0.1) is 0 Å². The standard InChI is InChI=1S/C16H14N6O3/c1-25-14-8-4-12(5-9-14)16(24)19-18-15(23)11-2-6-13(7-3-11)22-10-17-20-21-22/h2-10H,1H3,(H,18,23)(H,19,24). The number of nitrogens with one attached hydrogen (secondary N) is 2. The highest BCUT2D eigenvalue weighted by Gasteiger charge is 2.09. The first-order chi connectivity index (χ1) is 12.2. The van der Waals surface area contributed by atoms with Crippen molar-refractivity contribution in [3.63, 3.8) is 0 Å². The third-order valence-corrected chi connectivity index (χ3v) is 3.38. The van der Waals surface area contributed by atoms with Crippen LogP contribution in [0.25, 0.3) is 5.69 Å². The topological polar surface area (TPSA) is 111 Å². The van der Waals surface area contributed by atoms with Gasteiger partial charge in [-0.15, -0.1) is 5.10 Å². The number of amides is 2. The zero-order valence-electron chi connectivity index (χ0n) is 13.2. The molecule has 9 heteroatoms. The van der Waals surface area contributed by atoms with Crippen molar-refractivity contribution in [1.29, 1.82) is 0 Å². The van der Waals surface area contributed by atoms with Crippen molar-refractivity contribution in [1.82, 2.24) is 31.1 Å². The number of ether oxygens (including phenoxy) is 1. The van der Waals surface area contributed by atoms with Crippen LogP contribution in [0.15, 0.2) is 54.9 Å². The monoisotopic (exact) mass is 338 g/mol. The summed E-state index contributed by atoms with van der Waals surface area (Å²) < 4.78 is 6.49. The number of benzene rings is 2. The summed E-state index contributed by atoms with van der Waals surface area (Å²) in [6.07, 6.45) is 1.45. The van der Waals surface area contributed by atoms with Gasteiger partial charge in [-0.05, 0) is 59.0 Å². The van der Waals surface area contributed by atoms with Gasteiger partial charge in [0.1, 0.15) is 12.1 Å². The number of hydrogen-bond donors (Lipinski definition) is 2. The molecule has 0 radical (unpaired) electrons. The maximum absolute atomic E-state index is 12.1. The van der Waals surface area contributed by atoms with Crippen LogP contribution in [0.2, 0.25) is 0 Å². The third kappa shape index (κ3) is 3.78. The van der Waals surface area contributed by atoms with E-state index in [2.05, 4.69) is 26.4 Å². The van der Waals surface area contributed by atoms with Gasteiger partial charge in [0, 0.05) is 11.1 Å². The minimum absolute atomic E-state index is 0.381. The van der Waals surface area contributed by atoms with E-state index in [0.29, 0.717) is 22.6 Å². The summed E-state index contributed by atoms with van der Waals surface area (Å²) in [5.74, 6) is -0.227. The number of hydrogen-bond acceptors (Lipinski definition) is 6. The van der Waals surface area contributed by atoms with Crippen molar-refractivity contribution in [2.75, 3.05) is 7.11 Å². The molecule has 25 heavy (non-hydrogen) atoms. The summed E-state index contributed by atoms with van der Waals surface area (Å²) in [6, 6.07) is 13.1. The van der Waals surface area contributed by atoms with Crippen LogP contribution in [0.5, 0.6) is 5.75 Å². The van der Waals surface area contributed by atoms with E-state index in [0.717, 1.165) is 0 Å². The van der Waals surface area contributed by atoms with E-state index in [-0.39, 0.29) is 0 Å². The number of carbonyl (C=O) groups excluding carboxylic acids is 2. The van der Waals surface area contributed by atoms with Crippen molar-refractivity contribution in [2.24, 2.45) is 0 Å². The number of aromatic nitrogens is 4. The molecular formula is C16H14N6O3. The molecule has 1 heterocycles. The van der Waals surface area contributed by atoms with E-state index in [1.54, 1.807) is 55.6 Å². The van der Waals surface area contributed by atoms with Crippen LogP contribution < -0.4 is 15.6 Å². The first-order valence-electron chi connectivity index (χ1n) is 7.25. The van der Waals surface area contributed by atoms with Crippen molar-refractivity contribution in [3.8, 4) is 11.4 Å². The van der Waals surface area contributed by atoms with Crippen LogP contribution in [0.4, 0.5) is 0 Å². The van der Waals surface area contributed by atoms with Crippen molar-refractivity contribution >= 4 is 11.8 Å². The summed E-state index contributed by atoms with van der Waals surface area (Å²) >= 11 is 0. The molecule has 2 N–H and O–H groups in total. The molecule has 2 amide bonds. The van der Waals surface area contributed by atoms with Crippen LogP contribution in [0.3, 0.4) is 0 Å². The molecule has 0 atom stereocenters. The molecule has 0 aliphatic heterocycles. The molecule has 1 aromatic heterocycles.